The Labute approximate surface area is 146 Å². The van der Waals surface area contributed by atoms with Crippen LogP contribution >= 0.6 is 0 Å². The van der Waals surface area contributed by atoms with Crippen molar-refractivity contribution in [3.63, 3.8) is 0 Å². The van der Waals surface area contributed by atoms with E-state index in [0.717, 1.165) is 12.0 Å². The van der Waals surface area contributed by atoms with E-state index in [1.165, 1.54) is 0 Å². The van der Waals surface area contributed by atoms with E-state index >= 15 is 0 Å². The van der Waals surface area contributed by atoms with Crippen molar-refractivity contribution < 1.29 is 14.1 Å². The molecule has 2 atom stereocenters. The van der Waals surface area contributed by atoms with E-state index in [1.54, 1.807) is 0 Å². The number of quaternary nitrogens is 1. The van der Waals surface area contributed by atoms with E-state index in [2.05, 4.69) is 37.6 Å². The second kappa shape index (κ2) is 8.69. The Balaban J connectivity index is 3.12. The second-order valence-electron chi connectivity index (χ2n) is 7.07. The normalized spacial score (nSPS) is 15.0. The van der Waals surface area contributed by atoms with E-state index in [9.17, 15) is 4.79 Å². The summed E-state index contributed by atoms with van der Waals surface area (Å²) in [5.41, 5.74) is 3.68. The van der Waals surface area contributed by atoms with Crippen LogP contribution in [0, 0.1) is 0 Å². The molecule has 1 aromatic carbocycles. The molecule has 1 amide bonds. The average molecular weight is 331 g/mol. The summed E-state index contributed by atoms with van der Waals surface area (Å²) in [5, 5.41) is 0. The Hall–Kier alpha value is -2.07. The molecule has 0 bridgehead atoms. The van der Waals surface area contributed by atoms with Crippen LogP contribution in [0.2, 0.25) is 0 Å². The van der Waals surface area contributed by atoms with Crippen molar-refractivity contribution in [1.82, 2.24) is 5.43 Å². The predicted octanol–water partition coefficient (Wildman–Crippen LogP) is 4.59. The molecule has 0 heterocycles. The minimum absolute atomic E-state index is 0.0256. The summed E-state index contributed by atoms with van der Waals surface area (Å²) in [6.45, 7) is 16.7. The maximum Gasteiger partial charge on any atom is 0.452 e. The van der Waals surface area contributed by atoms with Crippen LogP contribution in [0.25, 0.3) is 0 Å². The Kier molecular flexibility index (Phi) is 7.23. The molecule has 0 radical (unpaired) electrons. The average Bonchev–Trinajstić information content (AvgIpc) is 2.50. The van der Waals surface area contributed by atoms with Crippen molar-refractivity contribution >= 4 is 6.09 Å². The lowest BCUT2D eigenvalue weighted by Gasteiger charge is -2.41. The van der Waals surface area contributed by atoms with Crippen LogP contribution in [0.5, 0.6) is 0 Å². The van der Waals surface area contributed by atoms with Gasteiger partial charge in [-0.1, -0.05) is 43.0 Å². The van der Waals surface area contributed by atoms with Gasteiger partial charge in [-0.25, -0.2) is 9.39 Å². The van der Waals surface area contributed by atoms with E-state index in [0.29, 0.717) is 17.7 Å². The monoisotopic (exact) mass is 331 g/mol. The molecule has 1 aromatic rings. The highest BCUT2D eigenvalue weighted by Crippen LogP contribution is 2.20. The van der Waals surface area contributed by atoms with Crippen molar-refractivity contribution in [3.8, 4) is 0 Å². The van der Waals surface area contributed by atoms with E-state index in [1.807, 2.05) is 51.1 Å². The van der Waals surface area contributed by atoms with Gasteiger partial charge in [0.2, 0.25) is 0 Å². The molecule has 0 saturated carbocycles. The second-order valence-corrected chi connectivity index (χ2v) is 7.07. The minimum atomic E-state index is -0.539. The molecule has 0 saturated heterocycles. The largest absolute Gasteiger partial charge is 0.452 e. The van der Waals surface area contributed by atoms with E-state index < -0.39 is 11.7 Å². The summed E-state index contributed by atoms with van der Waals surface area (Å²) >= 11 is 0. The van der Waals surface area contributed by atoms with Gasteiger partial charge in [-0.3, -0.25) is 0 Å². The van der Waals surface area contributed by atoms with Crippen LogP contribution in [0.1, 0.15) is 39.7 Å². The number of hydrogen-bond acceptors (Lipinski definition) is 2. The topological polar surface area (TPSA) is 38.3 Å². The van der Waals surface area contributed by atoms with Crippen LogP contribution in [0.15, 0.2) is 55.6 Å². The van der Waals surface area contributed by atoms with Crippen LogP contribution in [0.4, 0.5) is 4.79 Å². The van der Waals surface area contributed by atoms with Gasteiger partial charge in [0.1, 0.15) is 24.7 Å². The number of benzene rings is 1. The summed E-state index contributed by atoms with van der Waals surface area (Å²) in [5.74, 6) is 0. The Bertz CT molecular complexity index is 549. The smallest absolute Gasteiger partial charge is 0.441 e. The van der Waals surface area contributed by atoms with Crippen molar-refractivity contribution in [3.05, 3.63) is 61.2 Å². The van der Waals surface area contributed by atoms with Crippen molar-refractivity contribution in [2.75, 3.05) is 6.54 Å². The molecule has 0 aliphatic carbocycles. The summed E-state index contributed by atoms with van der Waals surface area (Å²) < 4.78 is 5.82. The lowest BCUT2D eigenvalue weighted by molar-refractivity contribution is -0.988. The summed E-state index contributed by atoms with van der Waals surface area (Å²) in [6, 6.07) is 10.1. The van der Waals surface area contributed by atoms with Gasteiger partial charge in [-0.2, -0.15) is 5.43 Å². The molecule has 0 aliphatic heterocycles. The Morgan fingerprint density at radius 1 is 1.29 bits per heavy atom. The zero-order valence-electron chi connectivity index (χ0n) is 15.4. The first-order chi connectivity index (χ1) is 11.2. The number of carbonyl (C=O) groups is 1. The number of nitrogens with one attached hydrogen (secondary N) is 1. The van der Waals surface area contributed by atoms with Gasteiger partial charge in [0.05, 0.1) is 0 Å². The summed E-state index contributed by atoms with van der Waals surface area (Å²) in [7, 11) is 0. The molecular weight excluding hydrogens is 300 g/mol. The van der Waals surface area contributed by atoms with Crippen LogP contribution in [-0.4, -0.2) is 28.9 Å². The fourth-order valence-corrected chi connectivity index (χ4v) is 2.54. The summed E-state index contributed by atoms with van der Waals surface area (Å²) in [4.78, 5) is 12.4. The van der Waals surface area contributed by atoms with Crippen molar-refractivity contribution in [2.45, 2.75) is 52.3 Å². The zero-order chi connectivity index (χ0) is 18.2. The molecule has 4 heteroatoms. The quantitative estimate of drug-likeness (QED) is 0.430. The molecular formula is C20H31N2O2+. The molecule has 1 unspecified atom stereocenters. The number of nitrogens with zero attached hydrogens (tertiary/aromatic N) is 1. The first-order valence-corrected chi connectivity index (χ1v) is 8.38. The molecule has 24 heavy (non-hydrogen) atoms. The lowest BCUT2D eigenvalue weighted by atomic mass is 10.1. The highest BCUT2D eigenvalue weighted by molar-refractivity contribution is 5.66. The fraction of sp³-hybridized carbons (Fsp3) is 0.450. The zero-order valence-corrected chi connectivity index (χ0v) is 15.4. The van der Waals surface area contributed by atoms with Gasteiger partial charge < -0.3 is 4.74 Å². The molecule has 132 valence electrons. The van der Waals surface area contributed by atoms with E-state index in [-0.39, 0.29) is 6.04 Å². The van der Waals surface area contributed by atoms with Gasteiger partial charge in [0, 0.05) is 12.0 Å². The van der Waals surface area contributed by atoms with Gasteiger partial charge in [-0.15, -0.1) is 6.58 Å². The van der Waals surface area contributed by atoms with Gasteiger partial charge >= 0.3 is 6.09 Å². The minimum Gasteiger partial charge on any atom is -0.441 e. The third kappa shape index (κ3) is 6.20. The SMILES string of the molecule is C=CCC[N@+](Cc1ccccc1)(NC(=O)OC(C)(C)C)C(C)C=C. The standard InChI is InChI=1S/C20H30N2O2/c1-7-9-15-22(17(3)8-2,16-18-13-11-10-12-14-18)21-19(23)24-20(4,5)6/h7-8,10-14,17H,1-2,9,15-16H2,3-6H3/p+1/t17?,22-/m1/s1. The Morgan fingerprint density at radius 2 is 1.92 bits per heavy atom. The molecule has 0 aromatic heterocycles. The van der Waals surface area contributed by atoms with Gasteiger partial charge in [0.25, 0.3) is 0 Å². The third-order valence-electron chi connectivity index (χ3n) is 3.87. The van der Waals surface area contributed by atoms with Crippen LogP contribution in [-0.2, 0) is 11.3 Å². The molecule has 1 rings (SSSR count). The number of hydrogen-bond donors (Lipinski definition) is 1. The molecule has 0 spiro atoms. The highest BCUT2D eigenvalue weighted by Gasteiger charge is 2.36. The summed E-state index contributed by atoms with van der Waals surface area (Å²) in [6.07, 6.45) is 4.09. The van der Waals surface area contributed by atoms with Crippen molar-refractivity contribution in [1.29, 1.82) is 0 Å². The molecule has 0 aliphatic rings. The predicted molar refractivity (Wildman–Crippen MR) is 99.1 cm³/mol. The maximum atomic E-state index is 12.4. The number of ether oxygens (including phenoxy) is 1. The third-order valence-corrected chi connectivity index (χ3v) is 3.87. The van der Waals surface area contributed by atoms with Crippen LogP contribution in [0.3, 0.4) is 0 Å². The number of amides is 1. The molecule has 1 N–H and O–H groups in total. The first-order valence-electron chi connectivity index (χ1n) is 8.38. The first kappa shape index (κ1) is 20.0. The maximum absolute atomic E-state index is 12.4. The highest BCUT2D eigenvalue weighted by atomic mass is 16.6. The van der Waals surface area contributed by atoms with Crippen molar-refractivity contribution in [2.24, 2.45) is 0 Å². The Morgan fingerprint density at radius 3 is 2.42 bits per heavy atom. The lowest BCUT2D eigenvalue weighted by Crippen LogP contribution is -2.64. The van der Waals surface area contributed by atoms with Crippen LogP contribution < -0.4 is 5.43 Å². The number of carbonyl (C=O) groups excluding carboxylic acids is 1. The van der Waals surface area contributed by atoms with Gasteiger partial charge in [0.15, 0.2) is 0 Å². The molecule has 0 fully saturated rings. The van der Waals surface area contributed by atoms with Gasteiger partial charge in [-0.05, 0) is 33.8 Å². The fourth-order valence-electron chi connectivity index (χ4n) is 2.54. The molecule has 4 nitrogen and oxygen atoms in total. The van der Waals surface area contributed by atoms with E-state index in [4.69, 9.17) is 4.74 Å². The number of rotatable bonds is 8.